The van der Waals surface area contributed by atoms with Gasteiger partial charge in [0.25, 0.3) is 0 Å². The standard InChI is InChI=1S/C6H6N6O2/c13-5(3-12-4-8-10-11-12)9-6-7-1-2-14-6/h1-2,4H,3H2,(H,7,9,13). The fourth-order valence-corrected chi connectivity index (χ4v) is 0.844. The largest absolute Gasteiger partial charge is 0.432 e. The Balaban J connectivity index is 1.91. The van der Waals surface area contributed by atoms with E-state index in [0.29, 0.717) is 0 Å². The van der Waals surface area contributed by atoms with Gasteiger partial charge in [0.1, 0.15) is 19.1 Å². The fourth-order valence-electron chi connectivity index (χ4n) is 0.844. The summed E-state index contributed by atoms with van der Waals surface area (Å²) < 4.78 is 6.11. The number of aromatic nitrogens is 5. The molecule has 0 aromatic carbocycles. The zero-order chi connectivity index (χ0) is 9.80. The van der Waals surface area contributed by atoms with Gasteiger partial charge in [-0.2, -0.15) is 0 Å². The minimum atomic E-state index is -0.306. The van der Waals surface area contributed by atoms with Gasteiger partial charge in [-0.1, -0.05) is 0 Å². The normalized spacial score (nSPS) is 10.0. The van der Waals surface area contributed by atoms with E-state index < -0.39 is 0 Å². The first-order valence-corrected chi connectivity index (χ1v) is 3.75. The summed E-state index contributed by atoms with van der Waals surface area (Å²) >= 11 is 0. The predicted molar refractivity (Wildman–Crippen MR) is 42.9 cm³/mol. The number of tetrazole rings is 1. The SMILES string of the molecule is O=C(Cn1cnnn1)Nc1ncco1. The van der Waals surface area contributed by atoms with Crippen LogP contribution in [-0.2, 0) is 11.3 Å². The Morgan fingerprint density at radius 2 is 2.57 bits per heavy atom. The number of carbonyl (C=O) groups is 1. The summed E-state index contributed by atoms with van der Waals surface area (Å²) in [5.41, 5.74) is 0. The molecule has 0 unspecified atom stereocenters. The van der Waals surface area contributed by atoms with Gasteiger partial charge in [0.15, 0.2) is 0 Å². The third-order valence-corrected chi connectivity index (χ3v) is 1.38. The van der Waals surface area contributed by atoms with Crippen molar-refractivity contribution in [1.82, 2.24) is 25.2 Å². The average molecular weight is 194 g/mol. The maximum Gasteiger partial charge on any atom is 0.301 e. The van der Waals surface area contributed by atoms with Gasteiger partial charge in [0.2, 0.25) is 5.91 Å². The molecule has 2 heterocycles. The molecule has 0 saturated carbocycles. The van der Waals surface area contributed by atoms with Gasteiger partial charge in [0.05, 0.1) is 6.20 Å². The van der Waals surface area contributed by atoms with E-state index in [2.05, 4.69) is 25.8 Å². The number of amides is 1. The number of hydrogen-bond donors (Lipinski definition) is 1. The molecule has 2 aromatic heterocycles. The number of rotatable bonds is 3. The first-order valence-electron chi connectivity index (χ1n) is 3.75. The molecule has 2 aromatic rings. The van der Waals surface area contributed by atoms with Crippen LogP contribution < -0.4 is 5.32 Å². The highest BCUT2D eigenvalue weighted by atomic mass is 16.4. The van der Waals surface area contributed by atoms with Crippen LogP contribution in [0.4, 0.5) is 6.01 Å². The van der Waals surface area contributed by atoms with Crippen LogP contribution in [0.3, 0.4) is 0 Å². The summed E-state index contributed by atoms with van der Waals surface area (Å²) in [7, 11) is 0. The van der Waals surface area contributed by atoms with Crippen LogP contribution >= 0.6 is 0 Å². The van der Waals surface area contributed by atoms with Crippen molar-refractivity contribution < 1.29 is 9.21 Å². The Morgan fingerprint density at radius 1 is 1.64 bits per heavy atom. The lowest BCUT2D eigenvalue weighted by atomic mass is 10.6. The van der Waals surface area contributed by atoms with Crippen molar-refractivity contribution in [1.29, 1.82) is 0 Å². The molecule has 0 atom stereocenters. The highest BCUT2D eigenvalue weighted by Crippen LogP contribution is 2.00. The summed E-state index contributed by atoms with van der Waals surface area (Å²) in [5, 5.41) is 12.7. The van der Waals surface area contributed by atoms with E-state index in [-0.39, 0.29) is 18.5 Å². The quantitative estimate of drug-likeness (QED) is 0.693. The fraction of sp³-hybridized carbons (Fsp3) is 0.167. The van der Waals surface area contributed by atoms with E-state index in [1.54, 1.807) is 0 Å². The number of nitrogens with zero attached hydrogens (tertiary/aromatic N) is 5. The molecule has 2 rings (SSSR count). The predicted octanol–water partition coefficient (Wildman–Crippen LogP) is -0.700. The van der Waals surface area contributed by atoms with Crippen LogP contribution in [0.2, 0.25) is 0 Å². The maximum absolute atomic E-state index is 11.3. The summed E-state index contributed by atoms with van der Waals surface area (Å²) in [5.74, 6) is -0.306. The Hall–Kier alpha value is -2.25. The van der Waals surface area contributed by atoms with Crippen LogP contribution in [0.1, 0.15) is 0 Å². The van der Waals surface area contributed by atoms with Crippen molar-refractivity contribution in [3.63, 3.8) is 0 Å². The molecule has 0 saturated heterocycles. The van der Waals surface area contributed by atoms with Crippen LogP contribution in [-0.4, -0.2) is 31.1 Å². The number of anilines is 1. The third-order valence-electron chi connectivity index (χ3n) is 1.38. The van der Waals surface area contributed by atoms with Gasteiger partial charge < -0.3 is 4.42 Å². The summed E-state index contributed by atoms with van der Waals surface area (Å²) in [6, 6.07) is 0.156. The third kappa shape index (κ3) is 1.91. The van der Waals surface area contributed by atoms with Gasteiger partial charge in [0, 0.05) is 0 Å². The molecule has 0 aliphatic heterocycles. The van der Waals surface area contributed by atoms with Crippen molar-refractivity contribution in [2.45, 2.75) is 6.54 Å². The van der Waals surface area contributed by atoms with Crippen LogP contribution in [0, 0.1) is 0 Å². The highest BCUT2D eigenvalue weighted by Gasteiger charge is 2.06. The highest BCUT2D eigenvalue weighted by molar-refractivity contribution is 5.88. The number of carbonyl (C=O) groups excluding carboxylic acids is 1. The molecule has 0 radical (unpaired) electrons. The Bertz CT molecular complexity index is 356. The van der Waals surface area contributed by atoms with E-state index in [0.717, 1.165) is 0 Å². The van der Waals surface area contributed by atoms with E-state index in [4.69, 9.17) is 4.42 Å². The Labute approximate surface area is 77.9 Å². The van der Waals surface area contributed by atoms with Gasteiger partial charge in [-0.05, 0) is 10.4 Å². The number of nitrogens with one attached hydrogen (secondary N) is 1. The van der Waals surface area contributed by atoms with Gasteiger partial charge in [-0.3, -0.25) is 10.1 Å². The lowest BCUT2D eigenvalue weighted by Gasteiger charge is -1.98. The van der Waals surface area contributed by atoms with Gasteiger partial charge >= 0.3 is 6.01 Å². The molecular formula is C6H6N6O2. The smallest absolute Gasteiger partial charge is 0.301 e. The second-order valence-corrected chi connectivity index (χ2v) is 2.39. The van der Waals surface area contributed by atoms with E-state index in [9.17, 15) is 4.79 Å². The van der Waals surface area contributed by atoms with Gasteiger partial charge in [-0.25, -0.2) is 9.67 Å². The van der Waals surface area contributed by atoms with Crippen molar-refractivity contribution >= 4 is 11.9 Å². The van der Waals surface area contributed by atoms with Crippen molar-refractivity contribution in [3.8, 4) is 0 Å². The Kier molecular flexibility index (Phi) is 2.17. The van der Waals surface area contributed by atoms with Crippen LogP contribution in [0.25, 0.3) is 0 Å². The van der Waals surface area contributed by atoms with E-state index in [1.807, 2.05) is 0 Å². The van der Waals surface area contributed by atoms with Crippen molar-refractivity contribution in [3.05, 3.63) is 18.8 Å². The first-order chi connectivity index (χ1) is 6.84. The van der Waals surface area contributed by atoms with Crippen molar-refractivity contribution in [2.24, 2.45) is 0 Å². The van der Waals surface area contributed by atoms with Crippen molar-refractivity contribution in [2.75, 3.05) is 5.32 Å². The second kappa shape index (κ2) is 3.64. The van der Waals surface area contributed by atoms with Gasteiger partial charge in [-0.15, -0.1) is 5.10 Å². The molecule has 0 aliphatic rings. The number of oxazole rings is 1. The minimum absolute atomic E-state index is 0.0232. The van der Waals surface area contributed by atoms with Crippen LogP contribution in [0.5, 0.6) is 0 Å². The molecule has 8 heteroatoms. The molecular weight excluding hydrogens is 188 g/mol. The molecule has 8 nitrogen and oxygen atoms in total. The summed E-state index contributed by atoms with van der Waals surface area (Å²) in [6.45, 7) is 0.0232. The molecule has 0 spiro atoms. The molecule has 0 bridgehead atoms. The molecule has 0 fully saturated rings. The molecule has 1 N–H and O–H groups in total. The molecule has 72 valence electrons. The van der Waals surface area contributed by atoms with Crippen LogP contribution in [0.15, 0.2) is 23.2 Å². The zero-order valence-corrected chi connectivity index (χ0v) is 6.99. The average Bonchev–Trinajstić information content (AvgIpc) is 2.76. The topological polar surface area (TPSA) is 98.7 Å². The Morgan fingerprint density at radius 3 is 3.21 bits per heavy atom. The lowest BCUT2D eigenvalue weighted by Crippen LogP contribution is -2.19. The molecule has 14 heavy (non-hydrogen) atoms. The second-order valence-electron chi connectivity index (χ2n) is 2.39. The summed E-state index contributed by atoms with van der Waals surface area (Å²) in [6.07, 6.45) is 4.15. The van der Waals surface area contributed by atoms with E-state index in [1.165, 1.54) is 23.5 Å². The molecule has 0 aliphatic carbocycles. The lowest BCUT2D eigenvalue weighted by molar-refractivity contribution is -0.117. The number of hydrogen-bond acceptors (Lipinski definition) is 6. The minimum Gasteiger partial charge on any atom is -0.432 e. The monoisotopic (exact) mass is 194 g/mol. The maximum atomic E-state index is 11.3. The summed E-state index contributed by atoms with van der Waals surface area (Å²) in [4.78, 5) is 15.0. The molecule has 1 amide bonds. The zero-order valence-electron chi connectivity index (χ0n) is 6.99. The van der Waals surface area contributed by atoms with E-state index >= 15 is 0 Å². The first kappa shape index (κ1) is 8.35.